The summed E-state index contributed by atoms with van der Waals surface area (Å²) >= 11 is 0. The van der Waals surface area contributed by atoms with Crippen molar-refractivity contribution in [2.75, 3.05) is 13.1 Å². The van der Waals surface area contributed by atoms with Crippen LogP contribution in [0.1, 0.15) is 35.2 Å². The molecule has 20 heavy (non-hydrogen) atoms. The molecule has 1 aromatic rings. The number of carboxylic acids is 1. The lowest BCUT2D eigenvalue weighted by molar-refractivity contribution is -0.137. The first-order valence-corrected chi connectivity index (χ1v) is 6.94. The van der Waals surface area contributed by atoms with Crippen molar-refractivity contribution >= 4 is 11.9 Å². The molecule has 1 aliphatic carbocycles. The fraction of sp³-hybridized carbons (Fsp3) is 0.467. The van der Waals surface area contributed by atoms with Crippen LogP contribution in [-0.2, 0) is 11.2 Å². The Bertz CT molecular complexity index is 498. The maximum atomic E-state index is 12.6. The highest BCUT2D eigenvalue weighted by molar-refractivity contribution is 5.96. The average Bonchev–Trinajstić information content (AvgIpc) is 3.24. The molecule has 0 spiro atoms. The maximum Gasteiger partial charge on any atom is 0.305 e. The Kier molecular flexibility index (Phi) is 4.74. The highest BCUT2D eigenvalue weighted by atomic mass is 16.4. The van der Waals surface area contributed by atoms with Gasteiger partial charge in [-0.05, 0) is 37.4 Å². The third-order valence-electron chi connectivity index (χ3n) is 3.48. The van der Waals surface area contributed by atoms with Crippen molar-refractivity contribution in [1.82, 2.24) is 4.90 Å². The van der Waals surface area contributed by atoms with Gasteiger partial charge in [-0.2, -0.15) is 0 Å². The van der Waals surface area contributed by atoms with Crippen LogP contribution < -0.4 is 5.73 Å². The van der Waals surface area contributed by atoms with Crippen LogP contribution in [0.5, 0.6) is 0 Å². The maximum absolute atomic E-state index is 12.6. The van der Waals surface area contributed by atoms with E-state index in [1.54, 1.807) is 11.0 Å². The zero-order valence-electron chi connectivity index (χ0n) is 11.4. The number of aliphatic carboxylic acids is 1. The van der Waals surface area contributed by atoms with E-state index >= 15 is 0 Å². The van der Waals surface area contributed by atoms with Gasteiger partial charge in [-0.1, -0.05) is 18.2 Å². The molecule has 0 bridgehead atoms. The van der Waals surface area contributed by atoms with Crippen molar-refractivity contribution < 1.29 is 14.7 Å². The van der Waals surface area contributed by atoms with Gasteiger partial charge in [0.1, 0.15) is 0 Å². The third kappa shape index (κ3) is 3.57. The number of nitrogens with zero attached hydrogens (tertiary/aromatic N) is 1. The van der Waals surface area contributed by atoms with E-state index in [0.29, 0.717) is 18.5 Å². The van der Waals surface area contributed by atoms with E-state index in [1.807, 2.05) is 18.2 Å². The van der Waals surface area contributed by atoms with Crippen molar-refractivity contribution in [2.45, 2.75) is 31.7 Å². The summed E-state index contributed by atoms with van der Waals surface area (Å²) in [5.74, 6) is -0.948. The van der Waals surface area contributed by atoms with Crippen LogP contribution in [-0.4, -0.2) is 41.0 Å². The summed E-state index contributed by atoms with van der Waals surface area (Å²) < 4.78 is 0. The van der Waals surface area contributed by atoms with E-state index in [9.17, 15) is 9.59 Å². The first-order chi connectivity index (χ1) is 9.63. The van der Waals surface area contributed by atoms with Crippen LogP contribution in [0.4, 0.5) is 0 Å². The Labute approximate surface area is 118 Å². The zero-order chi connectivity index (χ0) is 14.5. The number of nitrogens with two attached hydrogens (primary N) is 1. The van der Waals surface area contributed by atoms with Crippen LogP contribution >= 0.6 is 0 Å². The second-order valence-electron chi connectivity index (χ2n) is 5.07. The lowest BCUT2D eigenvalue weighted by atomic mass is 10.0. The van der Waals surface area contributed by atoms with Gasteiger partial charge in [0.15, 0.2) is 0 Å². The van der Waals surface area contributed by atoms with E-state index in [4.69, 9.17) is 10.8 Å². The molecule has 1 aromatic carbocycles. The number of carbonyl (C=O) groups excluding carboxylic acids is 1. The van der Waals surface area contributed by atoms with Gasteiger partial charge >= 0.3 is 5.97 Å². The molecule has 1 aliphatic rings. The highest BCUT2D eigenvalue weighted by Gasteiger charge is 2.33. The Morgan fingerprint density at radius 3 is 2.60 bits per heavy atom. The van der Waals surface area contributed by atoms with Crippen LogP contribution in [0.15, 0.2) is 24.3 Å². The molecule has 1 amide bonds. The third-order valence-corrected chi connectivity index (χ3v) is 3.48. The topological polar surface area (TPSA) is 83.6 Å². The minimum absolute atomic E-state index is 0.0126. The Morgan fingerprint density at radius 1 is 1.30 bits per heavy atom. The molecular formula is C15H20N2O3. The number of carboxylic acid groups (broad SMARTS) is 1. The molecule has 0 unspecified atom stereocenters. The molecule has 0 atom stereocenters. The fourth-order valence-corrected chi connectivity index (χ4v) is 2.31. The summed E-state index contributed by atoms with van der Waals surface area (Å²) in [7, 11) is 0. The van der Waals surface area contributed by atoms with Crippen LogP contribution in [0, 0.1) is 0 Å². The van der Waals surface area contributed by atoms with Gasteiger partial charge in [0.2, 0.25) is 0 Å². The standard InChI is InChI=1S/C15H20N2O3/c16-9-7-11-3-1-2-4-13(11)15(20)17(12-5-6-12)10-8-14(18)19/h1-4,12H,5-10,16H2,(H,18,19). The smallest absolute Gasteiger partial charge is 0.305 e. The molecule has 0 radical (unpaired) electrons. The summed E-state index contributed by atoms with van der Waals surface area (Å²) in [5, 5.41) is 8.80. The Balaban J connectivity index is 2.16. The predicted octanol–water partition coefficient (Wildman–Crippen LogP) is 1.27. The SMILES string of the molecule is NCCc1ccccc1C(=O)N(CCC(=O)O)C1CC1. The molecular weight excluding hydrogens is 256 g/mol. The Hall–Kier alpha value is -1.88. The molecule has 1 fully saturated rings. The number of amides is 1. The summed E-state index contributed by atoms with van der Waals surface area (Å²) in [4.78, 5) is 25.0. The van der Waals surface area contributed by atoms with Crippen molar-refractivity contribution in [3.05, 3.63) is 35.4 Å². The van der Waals surface area contributed by atoms with E-state index in [1.165, 1.54) is 0 Å². The molecule has 5 heteroatoms. The number of benzene rings is 1. The first kappa shape index (κ1) is 14.5. The van der Waals surface area contributed by atoms with Crippen LogP contribution in [0.2, 0.25) is 0 Å². The zero-order valence-corrected chi connectivity index (χ0v) is 11.4. The first-order valence-electron chi connectivity index (χ1n) is 6.94. The molecule has 5 nitrogen and oxygen atoms in total. The number of rotatable bonds is 7. The van der Waals surface area contributed by atoms with Crippen molar-refractivity contribution in [1.29, 1.82) is 0 Å². The van der Waals surface area contributed by atoms with Crippen LogP contribution in [0.3, 0.4) is 0 Å². The summed E-state index contributed by atoms with van der Waals surface area (Å²) in [5.41, 5.74) is 7.15. The molecule has 0 aromatic heterocycles. The van der Waals surface area contributed by atoms with Gasteiger partial charge in [-0.25, -0.2) is 0 Å². The number of carbonyl (C=O) groups is 2. The minimum Gasteiger partial charge on any atom is -0.481 e. The van der Waals surface area contributed by atoms with E-state index in [0.717, 1.165) is 18.4 Å². The van der Waals surface area contributed by atoms with Gasteiger partial charge in [-0.3, -0.25) is 9.59 Å². The molecule has 0 saturated heterocycles. The molecule has 108 valence electrons. The molecule has 0 heterocycles. The van der Waals surface area contributed by atoms with Crippen molar-refractivity contribution in [3.63, 3.8) is 0 Å². The quantitative estimate of drug-likeness (QED) is 0.785. The molecule has 3 N–H and O–H groups in total. The van der Waals surface area contributed by atoms with Crippen molar-refractivity contribution in [2.24, 2.45) is 5.73 Å². The highest BCUT2D eigenvalue weighted by Crippen LogP contribution is 2.29. The predicted molar refractivity (Wildman–Crippen MR) is 75.5 cm³/mol. The number of hydrogen-bond donors (Lipinski definition) is 2. The lowest BCUT2D eigenvalue weighted by Gasteiger charge is -2.23. The van der Waals surface area contributed by atoms with E-state index in [-0.39, 0.29) is 24.9 Å². The summed E-state index contributed by atoms with van der Waals surface area (Å²) in [6.07, 6.45) is 2.56. The van der Waals surface area contributed by atoms with Gasteiger partial charge in [0.05, 0.1) is 6.42 Å². The van der Waals surface area contributed by atoms with E-state index < -0.39 is 5.97 Å². The Morgan fingerprint density at radius 2 is 2.00 bits per heavy atom. The second kappa shape index (κ2) is 6.52. The molecule has 0 aliphatic heterocycles. The normalized spacial score (nSPS) is 14.1. The average molecular weight is 276 g/mol. The van der Waals surface area contributed by atoms with E-state index in [2.05, 4.69) is 0 Å². The largest absolute Gasteiger partial charge is 0.481 e. The molecule has 1 saturated carbocycles. The van der Waals surface area contributed by atoms with Gasteiger partial charge in [-0.15, -0.1) is 0 Å². The fourth-order valence-electron chi connectivity index (χ4n) is 2.31. The minimum atomic E-state index is -0.876. The van der Waals surface area contributed by atoms with Gasteiger partial charge < -0.3 is 15.7 Å². The monoisotopic (exact) mass is 276 g/mol. The van der Waals surface area contributed by atoms with Gasteiger partial charge in [0, 0.05) is 18.2 Å². The summed E-state index contributed by atoms with van der Waals surface area (Å²) in [6.45, 7) is 0.763. The van der Waals surface area contributed by atoms with Crippen molar-refractivity contribution in [3.8, 4) is 0 Å². The number of hydrogen-bond acceptors (Lipinski definition) is 3. The molecule has 2 rings (SSSR count). The van der Waals surface area contributed by atoms with Gasteiger partial charge in [0.25, 0.3) is 5.91 Å². The lowest BCUT2D eigenvalue weighted by Crippen LogP contribution is -2.35. The van der Waals surface area contributed by atoms with Crippen LogP contribution in [0.25, 0.3) is 0 Å². The summed E-state index contributed by atoms with van der Waals surface area (Å²) in [6, 6.07) is 7.62. The second-order valence-corrected chi connectivity index (χ2v) is 5.07.